The summed E-state index contributed by atoms with van der Waals surface area (Å²) in [4.78, 5) is 12.3. The first kappa shape index (κ1) is 14.2. The Hall–Kier alpha value is -2.75. The van der Waals surface area contributed by atoms with E-state index < -0.39 is 0 Å². The predicted molar refractivity (Wildman–Crippen MR) is 86.4 cm³/mol. The van der Waals surface area contributed by atoms with Gasteiger partial charge < -0.3 is 14.5 Å². The molecule has 4 heteroatoms. The molecule has 2 aromatic carbocycles. The molecule has 3 aromatic rings. The van der Waals surface area contributed by atoms with Gasteiger partial charge in [0.1, 0.15) is 11.3 Å². The Kier molecular flexibility index (Phi) is 3.83. The molecular formula is C18H17NO3. The molecule has 1 heterocycles. The lowest BCUT2D eigenvalue weighted by Crippen LogP contribution is -2.11. The molecule has 0 fully saturated rings. The number of hydrogen-bond acceptors (Lipinski definition) is 3. The SMILES string of the molecule is CC(C)Oc1cccc(NC(=O)c2cc3ccccc3o2)c1. The van der Waals surface area contributed by atoms with Crippen LogP contribution in [-0.2, 0) is 0 Å². The van der Waals surface area contributed by atoms with Crippen molar-refractivity contribution in [2.75, 3.05) is 5.32 Å². The standard InChI is InChI=1S/C18H17NO3/c1-12(2)21-15-8-5-7-14(11-15)19-18(20)17-10-13-6-3-4-9-16(13)22-17/h3-12H,1-2H3,(H,19,20). The van der Waals surface area contributed by atoms with Gasteiger partial charge in [-0.3, -0.25) is 4.79 Å². The molecule has 0 saturated carbocycles. The Morgan fingerprint density at radius 1 is 1.09 bits per heavy atom. The summed E-state index contributed by atoms with van der Waals surface area (Å²) in [6.45, 7) is 3.92. The van der Waals surface area contributed by atoms with Crippen LogP contribution in [0.15, 0.2) is 59.0 Å². The molecule has 0 saturated heterocycles. The molecule has 1 amide bonds. The van der Waals surface area contributed by atoms with Crippen molar-refractivity contribution in [3.05, 3.63) is 60.4 Å². The van der Waals surface area contributed by atoms with Crippen LogP contribution in [0.1, 0.15) is 24.4 Å². The highest BCUT2D eigenvalue weighted by Gasteiger charge is 2.12. The van der Waals surface area contributed by atoms with Gasteiger partial charge in [-0.05, 0) is 38.1 Å². The van der Waals surface area contributed by atoms with E-state index in [9.17, 15) is 4.79 Å². The van der Waals surface area contributed by atoms with E-state index in [1.165, 1.54) is 0 Å². The Bertz CT molecular complexity index is 772. The first-order valence-electron chi connectivity index (χ1n) is 7.18. The monoisotopic (exact) mass is 295 g/mol. The van der Waals surface area contributed by atoms with E-state index in [1.54, 1.807) is 12.1 Å². The zero-order chi connectivity index (χ0) is 15.5. The lowest BCUT2D eigenvalue weighted by molar-refractivity contribution is 0.0998. The van der Waals surface area contributed by atoms with Gasteiger partial charge >= 0.3 is 0 Å². The van der Waals surface area contributed by atoms with E-state index in [-0.39, 0.29) is 17.8 Å². The van der Waals surface area contributed by atoms with Gasteiger partial charge in [-0.15, -0.1) is 0 Å². The Labute approximate surface area is 128 Å². The molecule has 0 bridgehead atoms. The normalized spacial score (nSPS) is 10.9. The van der Waals surface area contributed by atoms with Crippen LogP contribution < -0.4 is 10.1 Å². The predicted octanol–water partition coefficient (Wildman–Crippen LogP) is 4.47. The van der Waals surface area contributed by atoms with Crippen LogP contribution in [0.4, 0.5) is 5.69 Å². The van der Waals surface area contributed by atoms with Gasteiger partial charge in [0, 0.05) is 17.1 Å². The van der Waals surface area contributed by atoms with Gasteiger partial charge in [0.2, 0.25) is 0 Å². The number of rotatable bonds is 4. The van der Waals surface area contributed by atoms with Crippen LogP contribution in [0.25, 0.3) is 11.0 Å². The molecule has 3 rings (SSSR count). The Balaban J connectivity index is 1.78. The molecule has 0 aliphatic heterocycles. The summed E-state index contributed by atoms with van der Waals surface area (Å²) >= 11 is 0. The van der Waals surface area contributed by atoms with Gasteiger partial charge in [0.15, 0.2) is 5.76 Å². The fourth-order valence-corrected chi connectivity index (χ4v) is 2.21. The molecule has 1 N–H and O–H groups in total. The van der Waals surface area contributed by atoms with Gasteiger partial charge in [-0.2, -0.15) is 0 Å². The minimum Gasteiger partial charge on any atom is -0.491 e. The molecule has 1 aromatic heterocycles. The second-order valence-electron chi connectivity index (χ2n) is 5.30. The third kappa shape index (κ3) is 3.11. The first-order chi connectivity index (χ1) is 10.6. The molecular weight excluding hydrogens is 278 g/mol. The minimum atomic E-state index is -0.280. The number of furan rings is 1. The number of carbonyl (C=O) groups excluding carboxylic acids is 1. The van der Waals surface area contributed by atoms with Crippen molar-refractivity contribution in [3.63, 3.8) is 0 Å². The van der Waals surface area contributed by atoms with Gasteiger partial charge in [0.25, 0.3) is 5.91 Å². The fraction of sp³-hybridized carbons (Fsp3) is 0.167. The summed E-state index contributed by atoms with van der Waals surface area (Å²) in [6, 6.07) is 16.6. The van der Waals surface area contributed by atoms with Gasteiger partial charge in [-0.1, -0.05) is 24.3 Å². The highest BCUT2D eigenvalue weighted by atomic mass is 16.5. The van der Waals surface area contributed by atoms with Crippen LogP contribution in [0.5, 0.6) is 5.75 Å². The lowest BCUT2D eigenvalue weighted by atomic mass is 10.2. The molecule has 4 nitrogen and oxygen atoms in total. The van der Waals surface area contributed by atoms with Crippen LogP contribution in [0.2, 0.25) is 0 Å². The van der Waals surface area contributed by atoms with Crippen LogP contribution >= 0.6 is 0 Å². The molecule has 0 atom stereocenters. The molecule has 0 radical (unpaired) electrons. The van der Waals surface area contributed by atoms with E-state index in [1.807, 2.05) is 56.3 Å². The van der Waals surface area contributed by atoms with Crippen molar-refractivity contribution in [1.82, 2.24) is 0 Å². The zero-order valence-electron chi connectivity index (χ0n) is 12.5. The molecule has 0 spiro atoms. The van der Waals surface area contributed by atoms with Crippen molar-refractivity contribution in [2.45, 2.75) is 20.0 Å². The van der Waals surface area contributed by atoms with Crippen LogP contribution in [0.3, 0.4) is 0 Å². The summed E-state index contributed by atoms with van der Waals surface area (Å²) in [6.07, 6.45) is 0.0846. The van der Waals surface area contributed by atoms with Crippen molar-refractivity contribution >= 4 is 22.6 Å². The highest BCUT2D eigenvalue weighted by molar-refractivity contribution is 6.04. The topological polar surface area (TPSA) is 51.5 Å². The summed E-state index contributed by atoms with van der Waals surface area (Å²) in [7, 11) is 0. The van der Waals surface area contributed by atoms with Crippen LogP contribution in [-0.4, -0.2) is 12.0 Å². The van der Waals surface area contributed by atoms with E-state index in [0.29, 0.717) is 11.3 Å². The van der Waals surface area contributed by atoms with E-state index in [0.717, 1.165) is 11.1 Å². The van der Waals surface area contributed by atoms with E-state index in [4.69, 9.17) is 9.15 Å². The minimum absolute atomic E-state index is 0.0846. The van der Waals surface area contributed by atoms with Crippen molar-refractivity contribution < 1.29 is 13.9 Å². The first-order valence-corrected chi connectivity index (χ1v) is 7.18. The number of amides is 1. The number of anilines is 1. The van der Waals surface area contributed by atoms with Crippen molar-refractivity contribution in [1.29, 1.82) is 0 Å². The fourth-order valence-electron chi connectivity index (χ4n) is 2.21. The quantitative estimate of drug-likeness (QED) is 0.772. The smallest absolute Gasteiger partial charge is 0.291 e. The Morgan fingerprint density at radius 3 is 2.68 bits per heavy atom. The summed E-state index contributed by atoms with van der Waals surface area (Å²) in [5, 5.41) is 3.73. The maximum atomic E-state index is 12.3. The molecule has 112 valence electrons. The lowest BCUT2D eigenvalue weighted by Gasteiger charge is -2.11. The van der Waals surface area contributed by atoms with Gasteiger partial charge in [-0.25, -0.2) is 0 Å². The van der Waals surface area contributed by atoms with Crippen LogP contribution in [0, 0.1) is 0 Å². The zero-order valence-corrected chi connectivity index (χ0v) is 12.5. The van der Waals surface area contributed by atoms with Crippen molar-refractivity contribution in [2.24, 2.45) is 0 Å². The number of ether oxygens (including phenoxy) is 1. The molecule has 0 unspecified atom stereocenters. The number of fused-ring (bicyclic) bond motifs is 1. The number of carbonyl (C=O) groups is 1. The summed E-state index contributed by atoms with van der Waals surface area (Å²) < 4.78 is 11.2. The number of benzene rings is 2. The maximum Gasteiger partial charge on any atom is 0.291 e. The third-order valence-corrected chi connectivity index (χ3v) is 3.11. The molecule has 0 aliphatic carbocycles. The third-order valence-electron chi connectivity index (χ3n) is 3.11. The van der Waals surface area contributed by atoms with E-state index in [2.05, 4.69) is 5.32 Å². The number of nitrogens with one attached hydrogen (secondary N) is 1. The molecule has 22 heavy (non-hydrogen) atoms. The largest absolute Gasteiger partial charge is 0.491 e. The number of hydrogen-bond donors (Lipinski definition) is 1. The molecule has 0 aliphatic rings. The summed E-state index contributed by atoms with van der Waals surface area (Å²) in [5.74, 6) is 0.728. The second-order valence-corrected chi connectivity index (χ2v) is 5.30. The van der Waals surface area contributed by atoms with E-state index >= 15 is 0 Å². The average Bonchev–Trinajstić information content (AvgIpc) is 2.91. The Morgan fingerprint density at radius 2 is 1.91 bits per heavy atom. The second kappa shape index (κ2) is 5.93. The van der Waals surface area contributed by atoms with Gasteiger partial charge in [0.05, 0.1) is 6.10 Å². The highest BCUT2D eigenvalue weighted by Crippen LogP contribution is 2.22. The summed E-state index contributed by atoms with van der Waals surface area (Å²) in [5.41, 5.74) is 1.37. The maximum absolute atomic E-state index is 12.3. The number of para-hydroxylation sites is 1. The average molecular weight is 295 g/mol. The van der Waals surface area contributed by atoms with Crippen molar-refractivity contribution in [3.8, 4) is 5.75 Å².